The summed E-state index contributed by atoms with van der Waals surface area (Å²) in [6, 6.07) is 24.5. The Labute approximate surface area is 189 Å². The molecule has 0 radical (unpaired) electrons. The molecule has 0 atom stereocenters. The van der Waals surface area contributed by atoms with Crippen molar-refractivity contribution in [3.8, 4) is 28.0 Å². The Balaban J connectivity index is 1.53. The number of hydrogen-bond acceptors (Lipinski definition) is 5. The summed E-state index contributed by atoms with van der Waals surface area (Å²) in [7, 11) is 1.60. The molecule has 0 aliphatic rings. The van der Waals surface area contributed by atoms with Crippen LogP contribution in [0, 0.1) is 0 Å². The average Bonchev–Trinajstić information content (AvgIpc) is 3.25. The van der Waals surface area contributed by atoms with Crippen LogP contribution in [0.15, 0.2) is 84.5 Å². The topological polar surface area (TPSA) is 47.0 Å². The van der Waals surface area contributed by atoms with Crippen molar-refractivity contribution in [2.24, 2.45) is 0 Å². The van der Waals surface area contributed by atoms with E-state index in [9.17, 15) is 0 Å². The Morgan fingerprint density at radius 2 is 1.61 bits per heavy atom. The second-order valence-electron chi connectivity index (χ2n) is 6.97. The molecular weight excluding hydrogens is 426 g/mol. The molecule has 1 N–H and O–H groups in total. The maximum atomic E-state index is 6.29. The third-order valence-corrected chi connectivity index (χ3v) is 6.27. The van der Waals surface area contributed by atoms with Gasteiger partial charge in [0, 0.05) is 16.6 Å². The van der Waals surface area contributed by atoms with Gasteiger partial charge >= 0.3 is 0 Å². The van der Waals surface area contributed by atoms with Crippen LogP contribution in [0.5, 0.6) is 5.75 Å². The van der Waals surface area contributed by atoms with Gasteiger partial charge in [0.2, 0.25) is 0 Å². The van der Waals surface area contributed by atoms with Crippen molar-refractivity contribution in [3.63, 3.8) is 0 Å². The largest absolute Gasteiger partial charge is 0.495 e. The number of anilines is 2. The number of rotatable bonds is 5. The number of hydrogen-bond donors (Lipinski definition) is 1. The lowest BCUT2D eigenvalue weighted by Gasteiger charge is -2.10. The zero-order chi connectivity index (χ0) is 21.2. The molecule has 0 saturated heterocycles. The number of fused-ring (bicyclic) bond motifs is 1. The monoisotopic (exact) mass is 443 g/mol. The number of nitrogens with zero attached hydrogens (tertiary/aromatic N) is 2. The number of ether oxygens (including phenoxy) is 1. The number of methoxy groups -OCH3 is 1. The number of nitrogens with one attached hydrogen (secondary N) is 1. The Kier molecular flexibility index (Phi) is 5.28. The quantitative estimate of drug-likeness (QED) is 0.306. The second kappa shape index (κ2) is 8.38. The lowest BCUT2D eigenvalue weighted by Crippen LogP contribution is -1.96. The van der Waals surface area contributed by atoms with Gasteiger partial charge in [-0.15, -0.1) is 11.3 Å². The van der Waals surface area contributed by atoms with Crippen molar-refractivity contribution in [1.82, 2.24) is 9.97 Å². The summed E-state index contributed by atoms with van der Waals surface area (Å²) in [5.74, 6) is 1.38. The first-order valence-corrected chi connectivity index (χ1v) is 11.0. The van der Waals surface area contributed by atoms with E-state index in [1.54, 1.807) is 24.8 Å². The van der Waals surface area contributed by atoms with Gasteiger partial charge in [-0.1, -0.05) is 66.2 Å². The Morgan fingerprint density at radius 1 is 0.871 bits per heavy atom. The molecule has 2 aromatic heterocycles. The number of thiophene rings is 1. The van der Waals surface area contributed by atoms with Crippen molar-refractivity contribution < 1.29 is 4.74 Å². The van der Waals surface area contributed by atoms with Gasteiger partial charge in [-0.05, 0) is 34.9 Å². The standard InChI is InChI=1S/C25H18ClN3OS/c1-30-22-12-11-19(13-21(22)26)29-24-23-20(14-31-25(23)28-15-27-24)18-9-7-17(8-10-18)16-5-3-2-4-6-16/h2-15H,1H3,(H,27,28,29). The maximum absolute atomic E-state index is 6.29. The maximum Gasteiger partial charge on any atom is 0.143 e. The summed E-state index contributed by atoms with van der Waals surface area (Å²) in [6.45, 7) is 0. The van der Waals surface area contributed by atoms with Crippen LogP contribution < -0.4 is 10.1 Å². The van der Waals surface area contributed by atoms with Crippen LogP contribution in [-0.2, 0) is 0 Å². The minimum absolute atomic E-state index is 0.542. The van der Waals surface area contributed by atoms with Gasteiger partial charge < -0.3 is 10.1 Å². The molecule has 4 nitrogen and oxygen atoms in total. The van der Waals surface area contributed by atoms with E-state index in [4.69, 9.17) is 16.3 Å². The van der Waals surface area contributed by atoms with Gasteiger partial charge in [-0.3, -0.25) is 0 Å². The third kappa shape index (κ3) is 3.85. The first kappa shape index (κ1) is 19.5. The second-order valence-corrected chi connectivity index (χ2v) is 8.23. The number of aromatic nitrogens is 2. The zero-order valence-corrected chi connectivity index (χ0v) is 18.2. The van der Waals surface area contributed by atoms with Crippen molar-refractivity contribution in [2.45, 2.75) is 0 Å². The summed E-state index contributed by atoms with van der Waals surface area (Å²) < 4.78 is 5.24. The Morgan fingerprint density at radius 3 is 2.35 bits per heavy atom. The molecule has 2 heterocycles. The zero-order valence-electron chi connectivity index (χ0n) is 16.7. The SMILES string of the molecule is COc1ccc(Nc2ncnc3scc(-c4ccc(-c5ccccc5)cc4)c23)cc1Cl. The molecule has 3 aromatic carbocycles. The predicted molar refractivity (Wildman–Crippen MR) is 130 cm³/mol. The van der Waals surface area contributed by atoms with Gasteiger partial charge in [-0.25, -0.2) is 9.97 Å². The lowest BCUT2D eigenvalue weighted by molar-refractivity contribution is 0.415. The smallest absolute Gasteiger partial charge is 0.143 e. The van der Waals surface area contributed by atoms with Crippen LogP contribution >= 0.6 is 22.9 Å². The number of benzene rings is 3. The average molecular weight is 444 g/mol. The van der Waals surface area contributed by atoms with E-state index in [1.807, 2.05) is 24.3 Å². The van der Waals surface area contributed by atoms with Gasteiger partial charge in [0.15, 0.2) is 0 Å². The minimum atomic E-state index is 0.542. The Hall–Kier alpha value is -3.41. The molecule has 31 heavy (non-hydrogen) atoms. The molecule has 5 aromatic rings. The molecule has 0 amide bonds. The fourth-order valence-corrected chi connectivity index (χ4v) is 4.71. The molecule has 0 aliphatic heterocycles. The summed E-state index contributed by atoms with van der Waals surface area (Å²) in [6.07, 6.45) is 1.58. The van der Waals surface area contributed by atoms with Crippen LogP contribution in [0.1, 0.15) is 0 Å². The van der Waals surface area contributed by atoms with E-state index in [0.29, 0.717) is 10.8 Å². The normalized spacial score (nSPS) is 10.9. The lowest BCUT2D eigenvalue weighted by atomic mass is 10.0. The molecule has 0 bridgehead atoms. The fourth-order valence-electron chi connectivity index (χ4n) is 3.54. The molecule has 5 rings (SSSR count). The molecule has 6 heteroatoms. The Bertz CT molecular complexity index is 1350. The van der Waals surface area contributed by atoms with E-state index in [-0.39, 0.29) is 0 Å². The van der Waals surface area contributed by atoms with Crippen LogP contribution in [0.2, 0.25) is 5.02 Å². The van der Waals surface area contributed by atoms with E-state index in [1.165, 1.54) is 11.1 Å². The molecule has 152 valence electrons. The van der Waals surface area contributed by atoms with E-state index in [0.717, 1.165) is 32.8 Å². The molecule has 0 spiro atoms. The third-order valence-electron chi connectivity index (χ3n) is 5.09. The van der Waals surface area contributed by atoms with Crippen molar-refractivity contribution in [3.05, 3.63) is 89.5 Å². The molecule has 0 unspecified atom stereocenters. The van der Waals surface area contributed by atoms with E-state index < -0.39 is 0 Å². The first-order chi connectivity index (χ1) is 15.2. The van der Waals surface area contributed by atoms with Crippen LogP contribution in [0.25, 0.3) is 32.5 Å². The molecule has 0 aliphatic carbocycles. The summed E-state index contributed by atoms with van der Waals surface area (Å²) in [5, 5.41) is 7.05. The highest BCUT2D eigenvalue weighted by Gasteiger charge is 2.14. The summed E-state index contributed by atoms with van der Waals surface area (Å²) in [5.41, 5.74) is 5.44. The van der Waals surface area contributed by atoms with Gasteiger partial charge in [0.1, 0.15) is 22.7 Å². The highest BCUT2D eigenvalue weighted by molar-refractivity contribution is 7.17. The van der Waals surface area contributed by atoms with Crippen LogP contribution in [-0.4, -0.2) is 17.1 Å². The fraction of sp³-hybridized carbons (Fsp3) is 0.0400. The van der Waals surface area contributed by atoms with Crippen molar-refractivity contribution >= 4 is 44.7 Å². The van der Waals surface area contributed by atoms with Gasteiger partial charge in [0.05, 0.1) is 17.5 Å². The highest BCUT2D eigenvalue weighted by atomic mass is 35.5. The summed E-state index contributed by atoms with van der Waals surface area (Å²) in [4.78, 5) is 9.90. The van der Waals surface area contributed by atoms with Gasteiger partial charge in [-0.2, -0.15) is 0 Å². The van der Waals surface area contributed by atoms with Crippen LogP contribution in [0.3, 0.4) is 0 Å². The van der Waals surface area contributed by atoms with E-state index in [2.05, 4.69) is 69.2 Å². The predicted octanol–water partition coefficient (Wildman–Crippen LogP) is 7.43. The molecule has 0 fully saturated rings. The van der Waals surface area contributed by atoms with Crippen molar-refractivity contribution in [2.75, 3.05) is 12.4 Å². The summed E-state index contributed by atoms with van der Waals surface area (Å²) >= 11 is 7.90. The minimum Gasteiger partial charge on any atom is -0.495 e. The van der Waals surface area contributed by atoms with Gasteiger partial charge in [0.25, 0.3) is 0 Å². The van der Waals surface area contributed by atoms with Crippen molar-refractivity contribution in [1.29, 1.82) is 0 Å². The number of halogens is 1. The van der Waals surface area contributed by atoms with E-state index >= 15 is 0 Å². The van der Waals surface area contributed by atoms with Crippen LogP contribution in [0.4, 0.5) is 11.5 Å². The highest BCUT2D eigenvalue weighted by Crippen LogP contribution is 2.38. The first-order valence-electron chi connectivity index (χ1n) is 9.71. The molecule has 0 saturated carbocycles. The molecular formula is C25H18ClN3OS.